The van der Waals surface area contributed by atoms with Gasteiger partial charge in [0.15, 0.2) is 0 Å². The topological polar surface area (TPSA) is 24.9 Å². The molecule has 1 aliphatic rings. The second-order valence-corrected chi connectivity index (χ2v) is 5.36. The van der Waals surface area contributed by atoms with Gasteiger partial charge in [-0.05, 0) is 56.3 Å². The first-order valence-electron chi connectivity index (χ1n) is 6.87. The van der Waals surface area contributed by atoms with Crippen LogP contribution in [0.1, 0.15) is 49.1 Å². The molecule has 0 amide bonds. The Bertz CT molecular complexity index is 349. The van der Waals surface area contributed by atoms with E-state index in [0.29, 0.717) is 5.92 Å². The van der Waals surface area contributed by atoms with Crippen LogP contribution < -0.4 is 5.32 Å². The van der Waals surface area contributed by atoms with E-state index in [4.69, 9.17) is 0 Å². The third-order valence-electron chi connectivity index (χ3n) is 3.95. The van der Waals surface area contributed by atoms with Gasteiger partial charge in [-0.3, -0.25) is 4.98 Å². The van der Waals surface area contributed by atoms with E-state index in [1.807, 2.05) is 6.20 Å². The Labute approximate surface area is 105 Å². The Balaban J connectivity index is 2.19. The summed E-state index contributed by atoms with van der Waals surface area (Å²) in [5.41, 5.74) is 2.74. The molecule has 0 bridgehead atoms. The van der Waals surface area contributed by atoms with Crippen LogP contribution in [0, 0.1) is 12.8 Å². The summed E-state index contributed by atoms with van der Waals surface area (Å²) >= 11 is 0. The van der Waals surface area contributed by atoms with E-state index in [-0.39, 0.29) is 0 Å². The summed E-state index contributed by atoms with van der Waals surface area (Å²) in [6, 6.07) is 2.33. The lowest BCUT2D eigenvalue weighted by Crippen LogP contribution is -2.24. The molecule has 2 heteroatoms. The number of pyridine rings is 1. The number of hydrogen-bond acceptors (Lipinski definition) is 2. The standard InChI is InChI=1S/C15H24N2/c1-12-8-14(11-17-9-12)15-7-5-3-4-6-13(15)10-16-2/h8-9,11,13,15-16H,3-7,10H2,1-2H3. The van der Waals surface area contributed by atoms with Crippen LogP contribution in [0.2, 0.25) is 0 Å². The van der Waals surface area contributed by atoms with E-state index in [1.165, 1.54) is 43.2 Å². The minimum atomic E-state index is 0.706. The molecule has 2 unspecified atom stereocenters. The highest BCUT2D eigenvalue weighted by Crippen LogP contribution is 2.36. The smallest absolute Gasteiger partial charge is 0.0303 e. The van der Waals surface area contributed by atoms with Crippen molar-refractivity contribution < 1.29 is 0 Å². The van der Waals surface area contributed by atoms with E-state index < -0.39 is 0 Å². The quantitative estimate of drug-likeness (QED) is 0.809. The van der Waals surface area contributed by atoms with Crippen molar-refractivity contribution in [1.29, 1.82) is 0 Å². The predicted molar refractivity (Wildman–Crippen MR) is 72.2 cm³/mol. The lowest BCUT2D eigenvalue weighted by Gasteiger charge is -2.25. The highest BCUT2D eigenvalue weighted by Gasteiger charge is 2.24. The molecule has 1 fully saturated rings. The fourth-order valence-corrected chi connectivity index (χ4v) is 3.11. The van der Waals surface area contributed by atoms with Crippen molar-refractivity contribution in [2.45, 2.75) is 44.9 Å². The second kappa shape index (κ2) is 6.15. The fourth-order valence-electron chi connectivity index (χ4n) is 3.11. The van der Waals surface area contributed by atoms with Gasteiger partial charge in [0.25, 0.3) is 0 Å². The van der Waals surface area contributed by atoms with Gasteiger partial charge in [-0.25, -0.2) is 0 Å². The fraction of sp³-hybridized carbons (Fsp3) is 0.667. The van der Waals surface area contributed by atoms with Gasteiger partial charge >= 0.3 is 0 Å². The van der Waals surface area contributed by atoms with Gasteiger partial charge in [0.05, 0.1) is 0 Å². The molecule has 94 valence electrons. The Morgan fingerprint density at radius 2 is 2.06 bits per heavy atom. The maximum atomic E-state index is 4.36. The molecular weight excluding hydrogens is 208 g/mol. The molecule has 1 aromatic rings. The predicted octanol–water partition coefficient (Wildman–Crippen LogP) is 3.27. The van der Waals surface area contributed by atoms with Crippen molar-refractivity contribution in [1.82, 2.24) is 10.3 Å². The molecule has 0 aliphatic heterocycles. The zero-order valence-corrected chi connectivity index (χ0v) is 11.1. The third kappa shape index (κ3) is 3.29. The normalized spacial score (nSPS) is 25.5. The number of aromatic nitrogens is 1. The Morgan fingerprint density at radius 1 is 1.24 bits per heavy atom. The minimum absolute atomic E-state index is 0.706. The lowest BCUT2D eigenvalue weighted by molar-refractivity contribution is 0.385. The molecule has 2 atom stereocenters. The molecule has 0 aromatic carbocycles. The van der Waals surface area contributed by atoms with E-state index in [9.17, 15) is 0 Å². The summed E-state index contributed by atoms with van der Waals surface area (Å²) in [7, 11) is 2.07. The largest absolute Gasteiger partial charge is 0.319 e. The van der Waals surface area contributed by atoms with Gasteiger partial charge in [0.1, 0.15) is 0 Å². The van der Waals surface area contributed by atoms with Crippen molar-refractivity contribution in [3.63, 3.8) is 0 Å². The molecular formula is C15H24N2. The summed E-state index contributed by atoms with van der Waals surface area (Å²) in [5.74, 6) is 1.49. The highest BCUT2D eigenvalue weighted by atomic mass is 14.8. The maximum absolute atomic E-state index is 4.36. The number of aryl methyl sites for hydroxylation is 1. The van der Waals surface area contributed by atoms with Crippen LogP contribution in [0.4, 0.5) is 0 Å². The highest BCUT2D eigenvalue weighted by molar-refractivity contribution is 5.21. The summed E-state index contributed by atoms with van der Waals surface area (Å²) < 4.78 is 0. The molecule has 1 aromatic heterocycles. The molecule has 0 spiro atoms. The molecule has 0 radical (unpaired) electrons. The number of hydrogen-bond donors (Lipinski definition) is 1. The monoisotopic (exact) mass is 232 g/mol. The molecule has 0 saturated heterocycles. The summed E-state index contributed by atoms with van der Waals surface area (Å²) in [4.78, 5) is 4.36. The average Bonchev–Trinajstić information content (AvgIpc) is 2.55. The molecule has 1 aliphatic carbocycles. The van der Waals surface area contributed by atoms with Gasteiger partial charge in [0.2, 0.25) is 0 Å². The first-order chi connectivity index (χ1) is 8.31. The van der Waals surface area contributed by atoms with Crippen molar-refractivity contribution >= 4 is 0 Å². The SMILES string of the molecule is CNCC1CCCCCC1c1cncc(C)c1. The average molecular weight is 232 g/mol. The van der Waals surface area contributed by atoms with E-state index in [0.717, 1.165) is 12.5 Å². The summed E-state index contributed by atoms with van der Waals surface area (Å²) in [6.45, 7) is 3.28. The van der Waals surface area contributed by atoms with Crippen molar-refractivity contribution in [3.8, 4) is 0 Å². The van der Waals surface area contributed by atoms with Crippen molar-refractivity contribution in [2.24, 2.45) is 5.92 Å². The number of nitrogens with one attached hydrogen (secondary N) is 1. The summed E-state index contributed by atoms with van der Waals surface area (Å²) in [5, 5.41) is 3.36. The molecule has 17 heavy (non-hydrogen) atoms. The van der Waals surface area contributed by atoms with Gasteiger partial charge < -0.3 is 5.32 Å². The molecule has 1 heterocycles. The molecule has 2 nitrogen and oxygen atoms in total. The second-order valence-electron chi connectivity index (χ2n) is 5.36. The van der Waals surface area contributed by atoms with Crippen LogP contribution in [0.5, 0.6) is 0 Å². The van der Waals surface area contributed by atoms with Crippen LogP contribution in [0.3, 0.4) is 0 Å². The first-order valence-corrected chi connectivity index (χ1v) is 6.87. The first kappa shape index (κ1) is 12.6. The van der Waals surface area contributed by atoms with Crippen LogP contribution in [0.15, 0.2) is 18.5 Å². The van der Waals surface area contributed by atoms with Crippen molar-refractivity contribution in [2.75, 3.05) is 13.6 Å². The molecule has 1 saturated carbocycles. The van der Waals surface area contributed by atoms with E-state index in [1.54, 1.807) is 0 Å². The zero-order valence-electron chi connectivity index (χ0n) is 11.1. The van der Waals surface area contributed by atoms with Gasteiger partial charge in [-0.15, -0.1) is 0 Å². The van der Waals surface area contributed by atoms with Gasteiger partial charge in [-0.2, -0.15) is 0 Å². The van der Waals surface area contributed by atoms with Crippen LogP contribution in [-0.4, -0.2) is 18.6 Å². The third-order valence-corrected chi connectivity index (χ3v) is 3.95. The van der Waals surface area contributed by atoms with Gasteiger partial charge in [-0.1, -0.05) is 25.3 Å². The van der Waals surface area contributed by atoms with Gasteiger partial charge in [0, 0.05) is 12.4 Å². The van der Waals surface area contributed by atoms with Crippen LogP contribution in [0.25, 0.3) is 0 Å². The van der Waals surface area contributed by atoms with E-state index in [2.05, 4.69) is 36.5 Å². The summed E-state index contributed by atoms with van der Waals surface area (Å²) in [6.07, 6.45) is 10.9. The Kier molecular flexibility index (Phi) is 4.55. The number of nitrogens with zero attached hydrogens (tertiary/aromatic N) is 1. The Morgan fingerprint density at radius 3 is 2.82 bits per heavy atom. The van der Waals surface area contributed by atoms with E-state index >= 15 is 0 Å². The van der Waals surface area contributed by atoms with Crippen LogP contribution in [-0.2, 0) is 0 Å². The zero-order chi connectivity index (χ0) is 12.1. The minimum Gasteiger partial charge on any atom is -0.319 e. The number of rotatable bonds is 3. The van der Waals surface area contributed by atoms with Crippen LogP contribution >= 0.6 is 0 Å². The Hall–Kier alpha value is -0.890. The van der Waals surface area contributed by atoms with Crippen molar-refractivity contribution in [3.05, 3.63) is 29.6 Å². The maximum Gasteiger partial charge on any atom is 0.0303 e. The molecule has 2 rings (SSSR count). The lowest BCUT2D eigenvalue weighted by atomic mass is 9.83. The molecule has 1 N–H and O–H groups in total.